The van der Waals surface area contributed by atoms with Gasteiger partial charge in [-0.25, -0.2) is 4.98 Å². The van der Waals surface area contributed by atoms with Gasteiger partial charge in [-0.1, -0.05) is 12.1 Å². The Hall–Kier alpha value is -1.95. The number of hydrogen-bond donors (Lipinski definition) is 1. The number of carbonyl (C=O) groups excluding carboxylic acids is 1. The first-order valence-electron chi connectivity index (χ1n) is 6.30. The zero-order valence-corrected chi connectivity index (χ0v) is 11.4. The smallest absolute Gasteiger partial charge is 0.257 e. The molecule has 6 nitrogen and oxygen atoms in total. The highest BCUT2D eigenvalue weighted by Gasteiger charge is 2.18. The lowest BCUT2D eigenvalue weighted by Crippen LogP contribution is -2.39. The van der Waals surface area contributed by atoms with Crippen LogP contribution in [0, 0.1) is 0 Å². The highest BCUT2D eigenvalue weighted by Crippen LogP contribution is 2.19. The maximum Gasteiger partial charge on any atom is 0.257 e. The van der Waals surface area contributed by atoms with Crippen LogP contribution in [0.2, 0.25) is 0 Å². The molecule has 2 aromatic heterocycles. The predicted octanol–water partition coefficient (Wildman–Crippen LogP) is 1.20. The molecule has 0 saturated carbocycles. The fourth-order valence-corrected chi connectivity index (χ4v) is 1.81. The number of aryl methyl sites for hydroxylation is 1. The number of amides is 1. The summed E-state index contributed by atoms with van der Waals surface area (Å²) in [5, 5.41) is 4.72. The molecule has 19 heavy (non-hydrogen) atoms. The minimum Gasteiger partial charge on any atom is -0.338 e. The van der Waals surface area contributed by atoms with E-state index in [0.717, 1.165) is 17.5 Å². The van der Waals surface area contributed by atoms with Gasteiger partial charge in [0.25, 0.3) is 11.6 Å². The van der Waals surface area contributed by atoms with Gasteiger partial charge in [0.05, 0.1) is 16.6 Å². The van der Waals surface area contributed by atoms with Crippen LogP contribution in [0.5, 0.6) is 0 Å². The summed E-state index contributed by atoms with van der Waals surface area (Å²) in [6.07, 6.45) is 2.25. The molecule has 0 aliphatic heterocycles. The SMILES string of the molecule is CCc1noc2ncc(C(=O)N(C)C(C)CN)cc12. The van der Waals surface area contributed by atoms with E-state index in [0.29, 0.717) is 17.8 Å². The molecule has 2 rings (SSSR count). The molecule has 2 N–H and O–H groups in total. The highest BCUT2D eigenvalue weighted by molar-refractivity contribution is 5.97. The minimum absolute atomic E-state index is 0.0173. The van der Waals surface area contributed by atoms with Crippen molar-refractivity contribution in [2.24, 2.45) is 5.73 Å². The van der Waals surface area contributed by atoms with Crippen LogP contribution in [-0.2, 0) is 6.42 Å². The van der Waals surface area contributed by atoms with Crippen LogP contribution < -0.4 is 5.73 Å². The zero-order valence-electron chi connectivity index (χ0n) is 11.4. The first-order chi connectivity index (χ1) is 9.08. The predicted molar refractivity (Wildman–Crippen MR) is 71.8 cm³/mol. The van der Waals surface area contributed by atoms with E-state index in [4.69, 9.17) is 10.3 Å². The molecule has 0 aliphatic carbocycles. The van der Waals surface area contributed by atoms with Gasteiger partial charge < -0.3 is 15.2 Å². The second kappa shape index (κ2) is 5.36. The van der Waals surface area contributed by atoms with Crippen LogP contribution in [0.1, 0.15) is 29.9 Å². The summed E-state index contributed by atoms with van der Waals surface area (Å²) in [4.78, 5) is 18.0. The Morgan fingerprint density at radius 1 is 1.58 bits per heavy atom. The van der Waals surface area contributed by atoms with Crippen LogP contribution in [0.15, 0.2) is 16.8 Å². The van der Waals surface area contributed by atoms with Crippen LogP contribution in [0.3, 0.4) is 0 Å². The van der Waals surface area contributed by atoms with Gasteiger partial charge in [-0.3, -0.25) is 4.79 Å². The van der Waals surface area contributed by atoms with Gasteiger partial charge >= 0.3 is 0 Å². The number of aromatic nitrogens is 2. The van der Waals surface area contributed by atoms with Crippen LogP contribution >= 0.6 is 0 Å². The molecule has 2 heterocycles. The van der Waals surface area contributed by atoms with Gasteiger partial charge in [-0.05, 0) is 19.4 Å². The summed E-state index contributed by atoms with van der Waals surface area (Å²) in [7, 11) is 1.73. The van der Waals surface area contributed by atoms with Crippen molar-refractivity contribution in [3.05, 3.63) is 23.5 Å². The molecule has 0 fully saturated rings. The molecular weight excluding hydrogens is 244 g/mol. The van der Waals surface area contributed by atoms with E-state index < -0.39 is 0 Å². The number of rotatable bonds is 4. The van der Waals surface area contributed by atoms with Gasteiger partial charge in [0.15, 0.2) is 0 Å². The van der Waals surface area contributed by atoms with Gasteiger partial charge in [0, 0.05) is 25.8 Å². The largest absolute Gasteiger partial charge is 0.338 e. The zero-order chi connectivity index (χ0) is 14.0. The Balaban J connectivity index is 2.37. The molecule has 102 valence electrons. The monoisotopic (exact) mass is 262 g/mol. The Bertz CT molecular complexity index is 593. The lowest BCUT2D eigenvalue weighted by Gasteiger charge is -2.23. The molecular formula is C13H18N4O2. The van der Waals surface area contributed by atoms with E-state index in [9.17, 15) is 4.79 Å². The van der Waals surface area contributed by atoms with E-state index >= 15 is 0 Å². The fraction of sp³-hybridized carbons (Fsp3) is 0.462. The van der Waals surface area contributed by atoms with E-state index in [2.05, 4.69) is 10.1 Å². The van der Waals surface area contributed by atoms with Gasteiger partial charge in [-0.15, -0.1) is 0 Å². The van der Waals surface area contributed by atoms with Crippen LogP contribution in [-0.4, -0.2) is 40.6 Å². The van der Waals surface area contributed by atoms with Crippen molar-refractivity contribution in [2.75, 3.05) is 13.6 Å². The summed E-state index contributed by atoms with van der Waals surface area (Å²) in [5.74, 6) is -0.101. The summed E-state index contributed by atoms with van der Waals surface area (Å²) in [6.45, 7) is 4.31. The molecule has 0 aromatic carbocycles. The Labute approximate surface area is 111 Å². The first-order valence-corrected chi connectivity index (χ1v) is 6.30. The van der Waals surface area contributed by atoms with Crippen LogP contribution in [0.25, 0.3) is 11.1 Å². The normalized spacial score (nSPS) is 12.6. The number of fused-ring (bicyclic) bond motifs is 1. The molecule has 0 radical (unpaired) electrons. The van der Waals surface area contributed by atoms with E-state index in [-0.39, 0.29) is 11.9 Å². The molecule has 1 amide bonds. The Kier molecular flexibility index (Phi) is 3.80. The Morgan fingerprint density at radius 2 is 2.32 bits per heavy atom. The van der Waals surface area contributed by atoms with E-state index in [1.165, 1.54) is 6.20 Å². The lowest BCUT2D eigenvalue weighted by atomic mass is 10.1. The van der Waals surface area contributed by atoms with Crippen molar-refractivity contribution in [3.8, 4) is 0 Å². The molecule has 0 aliphatic rings. The first kappa shape index (κ1) is 13.5. The van der Waals surface area contributed by atoms with Crippen molar-refractivity contribution >= 4 is 17.0 Å². The minimum atomic E-state index is -0.101. The summed E-state index contributed by atoms with van der Waals surface area (Å²) in [6, 6.07) is 1.76. The molecule has 1 unspecified atom stereocenters. The molecule has 6 heteroatoms. The molecule has 2 aromatic rings. The number of likely N-dealkylation sites (N-methyl/N-ethyl adjacent to an activating group) is 1. The maximum absolute atomic E-state index is 12.3. The quantitative estimate of drug-likeness (QED) is 0.895. The number of nitrogens with zero attached hydrogens (tertiary/aromatic N) is 3. The average Bonchev–Trinajstić information content (AvgIpc) is 2.86. The van der Waals surface area contributed by atoms with Crippen molar-refractivity contribution < 1.29 is 9.32 Å². The number of hydrogen-bond acceptors (Lipinski definition) is 5. The third kappa shape index (κ3) is 2.44. The number of nitrogens with two attached hydrogens (primary N) is 1. The van der Waals surface area contributed by atoms with Gasteiger partial charge in [-0.2, -0.15) is 0 Å². The third-order valence-corrected chi connectivity index (χ3v) is 3.31. The molecule has 0 bridgehead atoms. The summed E-state index contributed by atoms with van der Waals surface area (Å²) < 4.78 is 5.10. The Morgan fingerprint density at radius 3 is 2.95 bits per heavy atom. The van der Waals surface area contributed by atoms with Gasteiger partial charge in [0.1, 0.15) is 0 Å². The van der Waals surface area contributed by atoms with Crippen molar-refractivity contribution in [1.29, 1.82) is 0 Å². The number of pyridine rings is 1. The second-order valence-electron chi connectivity index (χ2n) is 4.56. The topological polar surface area (TPSA) is 85.2 Å². The maximum atomic E-state index is 12.3. The highest BCUT2D eigenvalue weighted by atomic mass is 16.5. The molecule has 1 atom stereocenters. The standard InChI is InChI=1S/C13H18N4O2/c1-4-11-10-5-9(7-15-12(10)19-16-11)13(18)17(3)8(2)6-14/h5,7-8H,4,6,14H2,1-3H3. The third-order valence-electron chi connectivity index (χ3n) is 3.31. The van der Waals surface area contributed by atoms with E-state index in [1.807, 2.05) is 13.8 Å². The van der Waals surface area contributed by atoms with Gasteiger partial charge in [0.2, 0.25) is 0 Å². The second-order valence-corrected chi connectivity index (χ2v) is 4.56. The number of carbonyl (C=O) groups is 1. The lowest BCUT2D eigenvalue weighted by molar-refractivity contribution is 0.0748. The average molecular weight is 262 g/mol. The van der Waals surface area contributed by atoms with Crippen LogP contribution in [0.4, 0.5) is 0 Å². The summed E-state index contributed by atoms with van der Waals surface area (Å²) in [5.41, 5.74) is 7.37. The van der Waals surface area contributed by atoms with Crippen molar-refractivity contribution in [1.82, 2.24) is 15.0 Å². The van der Waals surface area contributed by atoms with E-state index in [1.54, 1.807) is 18.0 Å². The van der Waals surface area contributed by atoms with Crippen molar-refractivity contribution in [3.63, 3.8) is 0 Å². The summed E-state index contributed by atoms with van der Waals surface area (Å²) >= 11 is 0. The van der Waals surface area contributed by atoms with Crippen molar-refractivity contribution in [2.45, 2.75) is 26.3 Å². The molecule has 0 saturated heterocycles. The molecule has 0 spiro atoms. The fourth-order valence-electron chi connectivity index (χ4n) is 1.81.